The van der Waals surface area contributed by atoms with Crippen LogP contribution in [0.1, 0.15) is 30.0 Å². The van der Waals surface area contributed by atoms with Gasteiger partial charge in [-0.15, -0.1) is 0 Å². The second-order valence-electron chi connectivity index (χ2n) is 6.68. The summed E-state index contributed by atoms with van der Waals surface area (Å²) in [6.07, 6.45) is 3.91. The van der Waals surface area contributed by atoms with E-state index in [2.05, 4.69) is 16.0 Å². The Bertz CT molecular complexity index is 900. The van der Waals surface area contributed by atoms with Crippen LogP contribution in [0.2, 0.25) is 5.02 Å². The smallest absolute Gasteiger partial charge is 0.157 e. The van der Waals surface area contributed by atoms with Gasteiger partial charge in [0.1, 0.15) is 5.82 Å². The van der Waals surface area contributed by atoms with Crippen LogP contribution in [0.15, 0.2) is 36.5 Å². The first-order valence-corrected chi connectivity index (χ1v) is 8.93. The first kappa shape index (κ1) is 16.5. The second-order valence-corrected chi connectivity index (χ2v) is 7.09. The molecule has 3 aromatic rings. The fraction of sp³-hybridized carbons (Fsp3) is 0.368. The molecule has 1 fully saturated rings. The van der Waals surface area contributed by atoms with E-state index in [1.807, 2.05) is 30.1 Å². The van der Waals surface area contributed by atoms with Gasteiger partial charge in [0.05, 0.1) is 10.7 Å². The third kappa shape index (κ3) is 3.26. The van der Waals surface area contributed by atoms with Crippen LogP contribution in [-0.2, 0) is 13.6 Å². The lowest BCUT2D eigenvalue weighted by Gasteiger charge is -2.31. The molecular weight excluding hydrogens is 339 g/mol. The van der Waals surface area contributed by atoms with Crippen molar-refractivity contribution < 1.29 is 4.39 Å². The zero-order valence-corrected chi connectivity index (χ0v) is 14.9. The Balaban J connectivity index is 1.45. The Morgan fingerprint density at radius 1 is 1.24 bits per heavy atom. The maximum Gasteiger partial charge on any atom is 0.157 e. The highest BCUT2D eigenvalue weighted by molar-refractivity contribution is 6.30. The molecule has 1 aliphatic rings. The van der Waals surface area contributed by atoms with Gasteiger partial charge in [0.25, 0.3) is 0 Å². The number of nitrogens with zero attached hydrogens (tertiary/aromatic N) is 4. The molecular formula is C19H20ClFN4. The molecule has 3 heterocycles. The lowest BCUT2D eigenvalue weighted by Crippen LogP contribution is -2.32. The van der Waals surface area contributed by atoms with E-state index in [9.17, 15) is 4.39 Å². The van der Waals surface area contributed by atoms with Crippen molar-refractivity contribution in [2.45, 2.75) is 25.3 Å². The Kier molecular flexibility index (Phi) is 4.44. The number of hydrogen-bond donors (Lipinski definition) is 0. The van der Waals surface area contributed by atoms with Crippen molar-refractivity contribution in [2.24, 2.45) is 7.05 Å². The van der Waals surface area contributed by atoms with E-state index in [4.69, 9.17) is 16.7 Å². The number of rotatable bonds is 3. The Morgan fingerprint density at radius 3 is 2.80 bits per heavy atom. The molecule has 4 nitrogen and oxygen atoms in total. The molecule has 0 unspecified atom stereocenters. The van der Waals surface area contributed by atoms with Crippen molar-refractivity contribution in [2.75, 3.05) is 13.1 Å². The van der Waals surface area contributed by atoms with Crippen LogP contribution in [0.25, 0.3) is 11.0 Å². The molecule has 6 heteroatoms. The van der Waals surface area contributed by atoms with Crippen LogP contribution in [0, 0.1) is 5.82 Å². The van der Waals surface area contributed by atoms with Gasteiger partial charge in [0.2, 0.25) is 0 Å². The monoisotopic (exact) mass is 358 g/mol. The SMILES string of the molecule is Cn1nc(C2CCN(Cc3ccc(Cl)c(F)c3)CC2)c2cccnc21. The van der Waals surface area contributed by atoms with Gasteiger partial charge >= 0.3 is 0 Å². The van der Waals surface area contributed by atoms with Crippen LogP contribution in [0.4, 0.5) is 4.39 Å². The van der Waals surface area contributed by atoms with Crippen molar-refractivity contribution in [1.29, 1.82) is 0 Å². The van der Waals surface area contributed by atoms with Gasteiger partial charge in [0.15, 0.2) is 5.65 Å². The van der Waals surface area contributed by atoms with Gasteiger partial charge in [0, 0.05) is 31.1 Å². The van der Waals surface area contributed by atoms with Crippen molar-refractivity contribution in [3.8, 4) is 0 Å². The summed E-state index contributed by atoms with van der Waals surface area (Å²) in [6.45, 7) is 2.71. The van der Waals surface area contributed by atoms with Gasteiger partial charge < -0.3 is 0 Å². The molecule has 0 atom stereocenters. The van der Waals surface area contributed by atoms with Crippen molar-refractivity contribution in [3.63, 3.8) is 0 Å². The molecule has 1 aromatic carbocycles. The van der Waals surface area contributed by atoms with Crippen LogP contribution < -0.4 is 0 Å². The number of fused-ring (bicyclic) bond motifs is 1. The van der Waals surface area contributed by atoms with E-state index in [1.54, 1.807) is 6.07 Å². The second kappa shape index (κ2) is 6.73. The Morgan fingerprint density at radius 2 is 2.04 bits per heavy atom. The molecule has 0 spiro atoms. The molecule has 0 aliphatic carbocycles. The normalized spacial score (nSPS) is 16.6. The minimum absolute atomic E-state index is 0.179. The van der Waals surface area contributed by atoms with Crippen LogP contribution >= 0.6 is 11.6 Å². The number of piperidine rings is 1. The largest absolute Gasteiger partial charge is 0.299 e. The summed E-state index contributed by atoms with van der Waals surface area (Å²) in [5, 5.41) is 6.05. The highest BCUT2D eigenvalue weighted by Crippen LogP contribution is 2.32. The Labute approximate surface area is 151 Å². The zero-order chi connectivity index (χ0) is 17.4. The molecule has 0 radical (unpaired) electrons. The van der Waals surface area contributed by atoms with E-state index in [-0.39, 0.29) is 10.8 Å². The summed E-state index contributed by atoms with van der Waals surface area (Å²) in [4.78, 5) is 6.79. The van der Waals surface area contributed by atoms with Gasteiger partial charge in [-0.1, -0.05) is 17.7 Å². The number of aromatic nitrogens is 3. The average Bonchev–Trinajstić information content (AvgIpc) is 2.96. The van der Waals surface area contributed by atoms with E-state index in [0.717, 1.165) is 54.8 Å². The topological polar surface area (TPSA) is 34.0 Å². The summed E-state index contributed by atoms with van der Waals surface area (Å²) in [5.74, 6) is 0.104. The molecule has 0 N–H and O–H groups in total. The van der Waals surface area contributed by atoms with Crippen LogP contribution in [0.5, 0.6) is 0 Å². The highest BCUT2D eigenvalue weighted by atomic mass is 35.5. The minimum atomic E-state index is -0.346. The third-order valence-corrected chi connectivity index (χ3v) is 5.30. The zero-order valence-electron chi connectivity index (χ0n) is 14.1. The van der Waals surface area contributed by atoms with Gasteiger partial charge in [-0.3, -0.25) is 9.58 Å². The van der Waals surface area contributed by atoms with Crippen molar-refractivity contribution in [3.05, 3.63) is 58.6 Å². The molecule has 1 saturated heterocycles. The van der Waals surface area contributed by atoms with Crippen LogP contribution in [0.3, 0.4) is 0 Å². The van der Waals surface area contributed by atoms with Gasteiger partial charge in [-0.05, 0) is 55.8 Å². The maximum absolute atomic E-state index is 13.6. The summed E-state index contributed by atoms with van der Waals surface area (Å²) >= 11 is 5.76. The number of likely N-dealkylation sites (tertiary alicyclic amines) is 1. The molecule has 25 heavy (non-hydrogen) atoms. The van der Waals surface area contributed by atoms with Gasteiger partial charge in [-0.2, -0.15) is 5.10 Å². The first-order chi connectivity index (χ1) is 12.1. The minimum Gasteiger partial charge on any atom is -0.299 e. The molecule has 0 amide bonds. The Hall–Kier alpha value is -1.98. The number of aryl methyl sites for hydroxylation is 1. The molecule has 4 rings (SSSR count). The molecule has 2 aromatic heterocycles. The predicted octanol–water partition coefficient (Wildman–Crippen LogP) is 4.14. The third-order valence-electron chi connectivity index (χ3n) is 4.99. The standard InChI is InChI=1S/C19H20ClFN4/c1-24-19-15(3-2-8-22-19)18(23-24)14-6-9-25(10-7-14)12-13-4-5-16(20)17(21)11-13/h2-5,8,11,14H,6-7,9-10,12H2,1H3. The lowest BCUT2D eigenvalue weighted by molar-refractivity contribution is 0.203. The van der Waals surface area contributed by atoms with Crippen LogP contribution in [-0.4, -0.2) is 32.8 Å². The number of hydrogen-bond acceptors (Lipinski definition) is 3. The lowest BCUT2D eigenvalue weighted by atomic mass is 9.92. The van der Waals surface area contributed by atoms with Crippen molar-refractivity contribution in [1.82, 2.24) is 19.7 Å². The summed E-state index contributed by atoms with van der Waals surface area (Å²) in [7, 11) is 1.95. The van der Waals surface area contributed by atoms with E-state index in [1.165, 1.54) is 6.07 Å². The number of benzene rings is 1. The van der Waals surface area contributed by atoms with E-state index < -0.39 is 0 Å². The van der Waals surface area contributed by atoms with E-state index in [0.29, 0.717) is 5.92 Å². The summed E-state index contributed by atoms with van der Waals surface area (Å²) < 4.78 is 15.5. The van der Waals surface area contributed by atoms with Crippen molar-refractivity contribution >= 4 is 22.6 Å². The molecule has 1 aliphatic heterocycles. The quantitative estimate of drug-likeness (QED) is 0.705. The number of halogens is 2. The molecule has 0 bridgehead atoms. The fourth-order valence-electron chi connectivity index (χ4n) is 3.68. The molecule has 130 valence electrons. The van der Waals surface area contributed by atoms with E-state index >= 15 is 0 Å². The maximum atomic E-state index is 13.6. The number of pyridine rings is 1. The average molecular weight is 359 g/mol. The molecule has 0 saturated carbocycles. The summed E-state index contributed by atoms with van der Waals surface area (Å²) in [5.41, 5.74) is 3.06. The summed E-state index contributed by atoms with van der Waals surface area (Å²) in [6, 6.07) is 9.14. The predicted molar refractivity (Wildman–Crippen MR) is 97.2 cm³/mol. The first-order valence-electron chi connectivity index (χ1n) is 8.55. The van der Waals surface area contributed by atoms with Gasteiger partial charge in [-0.25, -0.2) is 9.37 Å². The highest BCUT2D eigenvalue weighted by Gasteiger charge is 2.25. The fourth-order valence-corrected chi connectivity index (χ4v) is 3.80.